The maximum absolute atomic E-state index is 10.5. The zero-order valence-corrected chi connectivity index (χ0v) is 8.32. The Labute approximate surface area is 83.9 Å². The molecular weight excluding hydrogens is 178 g/mol. The Kier molecular flexibility index (Phi) is 4.13. The minimum Gasteiger partial charge on any atom is -0.466 e. The summed E-state index contributed by atoms with van der Waals surface area (Å²) >= 11 is 0. The molecule has 0 heterocycles. The first-order valence-corrected chi connectivity index (χ1v) is 4.63. The van der Waals surface area contributed by atoms with Crippen LogP contribution in [0.2, 0.25) is 0 Å². The van der Waals surface area contributed by atoms with Gasteiger partial charge in [0.2, 0.25) is 0 Å². The summed E-state index contributed by atoms with van der Waals surface area (Å²) < 4.78 is 4.84. The number of nitrogens with two attached hydrogens (primary N) is 1. The van der Waals surface area contributed by atoms with Gasteiger partial charge in [0, 0.05) is 19.9 Å². The third-order valence-electron chi connectivity index (χ3n) is 1.95. The highest BCUT2D eigenvalue weighted by molar-refractivity contribution is 5.65. The van der Waals surface area contributed by atoms with Crippen molar-refractivity contribution in [3.63, 3.8) is 0 Å². The molecule has 0 spiro atoms. The Morgan fingerprint density at radius 3 is 2.36 bits per heavy atom. The molecular formula is C11H15NO2. The maximum atomic E-state index is 10.5. The van der Waals surface area contributed by atoms with E-state index in [0.29, 0.717) is 13.2 Å². The molecule has 0 saturated heterocycles. The fourth-order valence-electron chi connectivity index (χ4n) is 1.15. The van der Waals surface area contributed by atoms with E-state index in [-0.39, 0.29) is 5.97 Å². The van der Waals surface area contributed by atoms with Crippen LogP contribution in [0.4, 0.5) is 0 Å². The fraction of sp³-hybridized carbons (Fsp3) is 0.364. The smallest absolute Gasteiger partial charge is 0.302 e. The van der Waals surface area contributed by atoms with Gasteiger partial charge in [-0.15, -0.1) is 0 Å². The van der Waals surface area contributed by atoms with Gasteiger partial charge < -0.3 is 10.5 Å². The third-order valence-corrected chi connectivity index (χ3v) is 1.95. The van der Waals surface area contributed by atoms with Crippen LogP contribution in [0.5, 0.6) is 0 Å². The zero-order chi connectivity index (χ0) is 10.4. The highest BCUT2D eigenvalue weighted by Gasteiger charge is 1.96. The molecule has 0 bridgehead atoms. The quantitative estimate of drug-likeness (QED) is 0.732. The predicted octanol–water partition coefficient (Wildman–Crippen LogP) is 1.25. The molecule has 1 aromatic rings. The number of ether oxygens (including phenoxy) is 1. The number of carbonyl (C=O) groups excluding carboxylic acids is 1. The molecule has 0 aromatic heterocycles. The molecule has 1 aromatic carbocycles. The van der Waals surface area contributed by atoms with E-state index in [9.17, 15) is 4.79 Å². The monoisotopic (exact) mass is 193 g/mol. The first-order chi connectivity index (χ1) is 6.72. The van der Waals surface area contributed by atoms with Gasteiger partial charge in [0.15, 0.2) is 0 Å². The van der Waals surface area contributed by atoms with Crippen molar-refractivity contribution < 1.29 is 9.53 Å². The van der Waals surface area contributed by atoms with E-state index in [1.54, 1.807) is 0 Å². The Bertz CT molecular complexity index is 293. The average molecular weight is 193 g/mol. The second kappa shape index (κ2) is 5.40. The lowest BCUT2D eigenvalue weighted by atomic mass is 10.1. The van der Waals surface area contributed by atoms with Gasteiger partial charge in [-0.3, -0.25) is 4.79 Å². The van der Waals surface area contributed by atoms with Crippen LogP contribution in [0, 0.1) is 0 Å². The largest absolute Gasteiger partial charge is 0.466 e. The van der Waals surface area contributed by atoms with E-state index in [4.69, 9.17) is 10.5 Å². The van der Waals surface area contributed by atoms with Gasteiger partial charge in [0.25, 0.3) is 0 Å². The van der Waals surface area contributed by atoms with E-state index in [1.165, 1.54) is 6.92 Å². The number of rotatable bonds is 4. The molecule has 0 aliphatic rings. The van der Waals surface area contributed by atoms with Crippen LogP contribution >= 0.6 is 0 Å². The van der Waals surface area contributed by atoms with Crippen LogP contribution in [-0.4, -0.2) is 12.6 Å². The lowest BCUT2D eigenvalue weighted by Crippen LogP contribution is -2.03. The SMILES string of the molecule is CC(=O)OCCc1ccc(CN)cc1. The molecule has 0 unspecified atom stereocenters. The predicted molar refractivity (Wildman–Crippen MR) is 54.7 cm³/mol. The summed E-state index contributed by atoms with van der Waals surface area (Å²) in [6.45, 7) is 2.42. The summed E-state index contributed by atoms with van der Waals surface area (Å²) in [5.74, 6) is -0.233. The lowest BCUT2D eigenvalue weighted by molar-refractivity contribution is -0.140. The molecule has 0 aliphatic carbocycles. The zero-order valence-electron chi connectivity index (χ0n) is 8.32. The van der Waals surface area contributed by atoms with Gasteiger partial charge in [0.05, 0.1) is 6.61 Å². The van der Waals surface area contributed by atoms with Gasteiger partial charge >= 0.3 is 5.97 Å². The molecule has 0 atom stereocenters. The fourth-order valence-corrected chi connectivity index (χ4v) is 1.15. The van der Waals surface area contributed by atoms with Gasteiger partial charge in [-0.05, 0) is 11.1 Å². The number of hydrogen-bond acceptors (Lipinski definition) is 3. The van der Waals surface area contributed by atoms with Gasteiger partial charge in [-0.25, -0.2) is 0 Å². The maximum Gasteiger partial charge on any atom is 0.302 e. The molecule has 0 amide bonds. The van der Waals surface area contributed by atoms with Gasteiger partial charge in [-0.2, -0.15) is 0 Å². The van der Waals surface area contributed by atoms with Crippen molar-refractivity contribution >= 4 is 5.97 Å². The average Bonchev–Trinajstić information content (AvgIpc) is 2.18. The highest BCUT2D eigenvalue weighted by atomic mass is 16.5. The Morgan fingerprint density at radius 1 is 1.29 bits per heavy atom. The molecule has 0 radical (unpaired) electrons. The summed E-state index contributed by atoms with van der Waals surface area (Å²) in [4.78, 5) is 10.5. The summed E-state index contributed by atoms with van der Waals surface area (Å²) in [7, 11) is 0. The molecule has 76 valence electrons. The second-order valence-electron chi connectivity index (χ2n) is 3.11. The molecule has 2 N–H and O–H groups in total. The minimum atomic E-state index is -0.233. The van der Waals surface area contributed by atoms with Crippen LogP contribution < -0.4 is 5.73 Å². The summed E-state index contributed by atoms with van der Waals surface area (Å²) in [6.07, 6.45) is 0.754. The number of hydrogen-bond donors (Lipinski definition) is 1. The molecule has 3 heteroatoms. The molecule has 3 nitrogen and oxygen atoms in total. The second-order valence-corrected chi connectivity index (χ2v) is 3.11. The first kappa shape index (κ1) is 10.7. The van der Waals surface area contributed by atoms with Gasteiger partial charge in [-0.1, -0.05) is 24.3 Å². The Balaban J connectivity index is 2.40. The van der Waals surface area contributed by atoms with E-state index in [0.717, 1.165) is 17.5 Å². The molecule has 14 heavy (non-hydrogen) atoms. The van der Waals surface area contributed by atoms with Crippen molar-refractivity contribution in [1.82, 2.24) is 0 Å². The standard InChI is InChI=1S/C11H15NO2/c1-9(13)14-7-6-10-2-4-11(8-12)5-3-10/h2-5H,6-8,12H2,1H3. The van der Waals surface area contributed by atoms with Crippen LogP contribution in [0.1, 0.15) is 18.1 Å². The highest BCUT2D eigenvalue weighted by Crippen LogP contribution is 2.04. The normalized spacial score (nSPS) is 9.86. The van der Waals surface area contributed by atoms with Crippen molar-refractivity contribution in [1.29, 1.82) is 0 Å². The summed E-state index contributed by atoms with van der Waals surface area (Å²) in [5.41, 5.74) is 7.74. The third kappa shape index (κ3) is 3.58. The number of esters is 1. The summed E-state index contributed by atoms with van der Waals surface area (Å²) in [6, 6.07) is 7.99. The minimum absolute atomic E-state index is 0.233. The number of carbonyl (C=O) groups is 1. The van der Waals surface area contributed by atoms with Crippen molar-refractivity contribution in [2.75, 3.05) is 6.61 Å². The Morgan fingerprint density at radius 2 is 1.86 bits per heavy atom. The summed E-state index contributed by atoms with van der Waals surface area (Å²) in [5, 5.41) is 0. The molecule has 1 rings (SSSR count). The van der Waals surface area contributed by atoms with E-state index in [2.05, 4.69) is 0 Å². The van der Waals surface area contributed by atoms with E-state index < -0.39 is 0 Å². The molecule has 0 aliphatic heterocycles. The van der Waals surface area contributed by atoms with Crippen molar-refractivity contribution in [2.24, 2.45) is 5.73 Å². The van der Waals surface area contributed by atoms with Crippen molar-refractivity contribution in [2.45, 2.75) is 19.9 Å². The molecule has 0 saturated carbocycles. The van der Waals surface area contributed by atoms with Crippen LogP contribution in [0.15, 0.2) is 24.3 Å². The van der Waals surface area contributed by atoms with Crippen molar-refractivity contribution in [3.05, 3.63) is 35.4 Å². The lowest BCUT2D eigenvalue weighted by Gasteiger charge is -2.03. The van der Waals surface area contributed by atoms with E-state index >= 15 is 0 Å². The van der Waals surface area contributed by atoms with Crippen LogP contribution in [-0.2, 0) is 22.5 Å². The van der Waals surface area contributed by atoms with E-state index in [1.807, 2.05) is 24.3 Å². The van der Waals surface area contributed by atoms with Crippen LogP contribution in [0.25, 0.3) is 0 Å². The first-order valence-electron chi connectivity index (χ1n) is 4.63. The number of benzene rings is 1. The van der Waals surface area contributed by atoms with Crippen molar-refractivity contribution in [3.8, 4) is 0 Å². The molecule has 0 fully saturated rings. The Hall–Kier alpha value is -1.35. The van der Waals surface area contributed by atoms with Gasteiger partial charge in [0.1, 0.15) is 0 Å². The van der Waals surface area contributed by atoms with Crippen LogP contribution in [0.3, 0.4) is 0 Å². The topological polar surface area (TPSA) is 52.3 Å².